The number of nitrogens with one attached hydrogen (secondary N) is 1. The van der Waals surface area contributed by atoms with Crippen molar-refractivity contribution in [3.05, 3.63) is 46.5 Å². The second-order valence-corrected chi connectivity index (χ2v) is 11.0. The molecule has 200 valence electrons. The second-order valence-electron chi connectivity index (χ2n) is 10.1. The zero-order valence-electron chi connectivity index (χ0n) is 22.6. The number of hydrogen-bond donors (Lipinski definition) is 1. The van der Waals surface area contributed by atoms with Crippen molar-refractivity contribution < 1.29 is 19.1 Å². The number of carbonyl (C=O) groups excluding carboxylic acids is 2. The molecule has 2 aliphatic rings. The van der Waals surface area contributed by atoms with Gasteiger partial charge in [-0.15, -0.1) is 11.8 Å². The summed E-state index contributed by atoms with van der Waals surface area (Å²) in [6.45, 7) is 7.65. The summed E-state index contributed by atoms with van der Waals surface area (Å²) in [6.07, 6.45) is 8.47. The van der Waals surface area contributed by atoms with Crippen LogP contribution in [0, 0.1) is 18.8 Å². The zero-order chi connectivity index (χ0) is 26.5. The lowest BCUT2D eigenvalue weighted by Crippen LogP contribution is -2.35. The summed E-state index contributed by atoms with van der Waals surface area (Å²) >= 11 is 1.53. The molecule has 2 aromatic rings. The topological polar surface area (TPSA) is 81.9 Å². The van der Waals surface area contributed by atoms with E-state index in [2.05, 4.69) is 27.9 Å². The van der Waals surface area contributed by atoms with E-state index >= 15 is 0 Å². The van der Waals surface area contributed by atoms with Gasteiger partial charge in [-0.05, 0) is 70.8 Å². The zero-order valence-corrected chi connectivity index (χ0v) is 23.4. The fraction of sp³-hybridized carbons (Fsp3) is 0.552. The summed E-state index contributed by atoms with van der Waals surface area (Å²) in [5, 5.41) is 4.00. The molecule has 2 atom stereocenters. The molecule has 37 heavy (non-hydrogen) atoms. The summed E-state index contributed by atoms with van der Waals surface area (Å²) in [5.41, 5.74) is 3.45. The largest absolute Gasteiger partial charge is 0.382 e. The molecular weight excluding hydrogens is 486 g/mol. The van der Waals surface area contributed by atoms with Crippen molar-refractivity contribution in [2.24, 2.45) is 16.8 Å². The molecule has 1 aromatic carbocycles. The highest BCUT2D eigenvalue weighted by Gasteiger charge is 2.31. The van der Waals surface area contributed by atoms with E-state index in [0.717, 1.165) is 47.2 Å². The molecule has 8 heteroatoms. The average molecular weight is 526 g/mol. The lowest BCUT2D eigenvalue weighted by Gasteiger charge is -2.34. The van der Waals surface area contributed by atoms with Crippen molar-refractivity contribution in [3.8, 4) is 0 Å². The molecule has 7 nitrogen and oxygen atoms in total. The molecule has 0 saturated heterocycles. The second kappa shape index (κ2) is 12.4. The first-order valence-electron chi connectivity index (χ1n) is 13.2. The predicted octanol–water partition coefficient (Wildman–Crippen LogP) is 5.33. The van der Waals surface area contributed by atoms with Gasteiger partial charge in [0.15, 0.2) is 0 Å². The Morgan fingerprint density at radius 1 is 1.19 bits per heavy atom. The van der Waals surface area contributed by atoms with Crippen LogP contribution in [0.1, 0.15) is 61.6 Å². The number of para-hydroxylation sites is 1. The van der Waals surface area contributed by atoms with Gasteiger partial charge in [-0.3, -0.25) is 9.59 Å². The number of allylic oxidation sites excluding steroid dienone is 1. The average Bonchev–Trinajstić information content (AvgIpc) is 3.19. The van der Waals surface area contributed by atoms with Crippen LogP contribution in [0.15, 0.2) is 40.2 Å². The minimum atomic E-state index is -0.434. The summed E-state index contributed by atoms with van der Waals surface area (Å²) in [6, 6.07) is 8.39. The number of fused-ring (bicyclic) bond motifs is 1. The number of rotatable bonds is 10. The normalized spacial score (nSPS) is 23.1. The first kappa shape index (κ1) is 27.6. The first-order valence-corrected chi connectivity index (χ1v) is 14.4. The highest BCUT2D eigenvalue weighted by molar-refractivity contribution is 8.02. The highest BCUT2D eigenvalue weighted by atomic mass is 32.2. The third-order valence-corrected chi connectivity index (χ3v) is 8.69. The molecule has 1 fully saturated rings. The van der Waals surface area contributed by atoms with Gasteiger partial charge in [-0.1, -0.05) is 18.2 Å². The molecule has 2 heterocycles. The van der Waals surface area contributed by atoms with E-state index in [4.69, 9.17) is 9.47 Å². The van der Waals surface area contributed by atoms with E-state index < -0.39 is 5.92 Å². The number of aliphatic imine (C=N–C) groups is 1. The van der Waals surface area contributed by atoms with Crippen LogP contribution in [-0.4, -0.2) is 61.3 Å². The SMILES string of the molecule is COCCOC1CCC([C@@H](C)n2c(C)c(C(=O)NCC3C(=O)N=C(C)C=C3SC)c3ccccc32)CC1. The Hall–Kier alpha value is -2.42. The Morgan fingerprint density at radius 3 is 2.62 bits per heavy atom. The number of carbonyl (C=O) groups is 2. The molecule has 1 aliphatic heterocycles. The van der Waals surface area contributed by atoms with E-state index in [1.807, 2.05) is 44.4 Å². The standard InChI is InChI=1S/C29H39N3O4S/c1-18-16-26(37-5)24(28(33)31-18)17-30-29(34)27-20(3)32(25-9-7-6-8-23(25)27)19(2)21-10-12-22(13-11-21)36-15-14-35-4/h6-9,16,19,21-22,24H,10-15,17H2,1-5H3,(H,30,34)/t19-,21?,22?,24?/m1/s1. The van der Waals surface area contributed by atoms with Crippen LogP contribution in [0.2, 0.25) is 0 Å². The predicted molar refractivity (Wildman–Crippen MR) is 150 cm³/mol. The van der Waals surface area contributed by atoms with Crippen molar-refractivity contribution in [1.82, 2.24) is 9.88 Å². The number of hydrogen-bond acceptors (Lipinski definition) is 5. The monoisotopic (exact) mass is 525 g/mol. The van der Waals surface area contributed by atoms with Gasteiger partial charge in [0, 0.05) is 46.9 Å². The summed E-state index contributed by atoms with van der Waals surface area (Å²) in [7, 11) is 1.70. The molecule has 1 unspecified atom stereocenters. The van der Waals surface area contributed by atoms with Crippen LogP contribution in [0.25, 0.3) is 10.9 Å². The van der Waals surface area contributed by atoms with Gasteiger partial charge in [-0.25, -0.2) is 4.99 Å². The molecule has 1 aromatic heterocycles. The summed E-state index contributed by atoms with van der Waals surface area (Å²) < 4.78 is 13.4. The fourth-order valence-corrected chi connectivity index (χ4v) is 6.59. The number of benzene rings is 1. The molecular formula is C29H39N3O4S. The van der Waals surface area contributed by atoms with E-state index in [0.29, 0.717) is 36.5 Å². The molecule has 1 saturated carbocycles. The van der Waals surface area contributed by atoms with E-state index in [-0.39, 0.29) is 24.4 Å². The van der Waals surface area contributed by atoms with Crippen molar-refractivity contribution in [2.45, 2.75) is 58.6 Å². The minimum absolute atomic E-state index is 0.144. The van der Waals surface area contributed by atoms with E-state index in [9.17, 15) is 9.59 Å². The van der Waals surface area contributed by atoms with Gasteiger partial charge in [0.25, 0.3) is 11.8 Å². The Kier molecular flexibility index (Phi) is 9.27. The summed E-state index contributed by atoms with van der Waals surface area (Å²) in [5.74, 6) is -0.256. The van der Waals surface area contributed by atoms with E-state index in [1.54, 1.807) is 7.11 Å². The van der Waals surface area contributed by atoms with Crippen molar-refractivity contribution in [2.75, 3.05) is 33.1 Å². The summed E-state index contributed by atoms with van der Waals surface area (Å²) in [4.78, 5) is 31.1. The van der Waals surface area contributed by atoms with Gasteiger partial charge < -0.3 is 19.4 Å². The van der Waals surface area contributed by atoms with Crippen LogP contribution in [-0.2, 0) is 14.3 Å². The maximum absolute atomic E-state index is 13.5. The molecule has 0 spiro atoms. The number of amides is 2. The van der Waals surface area contributed by atoms with Gasteiger partial charge in [-0.2, -0.15) is 0 Å². The molecule has 2 amide bonds. The van der Waals surface area contributed by atoms with Gasteiger partial charge in [0.2, 0.25) is 0 Å². The molecule has 0 radical (unpaired) electrons. The van der Waals surface area contributed by atoms with Gasteiger partial charge in [0.1, 0.15) is 0 Å². The number of dihydropyridines is 1. The lowest BCUT2D eigenvalue weighted by atomic mass is 9.83. The van der Waals surface area contributed by atoms with Crippen LogP contribution in [0.3, 0.4) is 0 Å². The van der Waals surface area contributed by atoms with Crippen molar-refractivity contribution in [3.63, 3.8) is 0 Å². The maximum Gasteiger partial charge on any atom is 0.255 e. The molecule has 4 rings (SSSR count). The number of methoxy groups -OCH3 is 1. The van der Waals surface area contributed by atoms with Crippen LogP contribution in [0.4, 0.5) is 0 Å². The van der Waals surface area contributed by atoms with Gasteiger partial charge in [0.05, 0.1) is 30.8 Å². The number of ether oxygens (including phenoxy) is 2. The van der Waals surface area contributed by atoms with Crippen LogP contribution in [0.5, 0.6) is 0 Å². The Labute approximate surface area is 224 Å². The van der Waals surface area contributed by atoms with E-state index in [1.165, 1.54) is 11.8 Å². The third kappa shape index (κ3) is 6.02. The molecule has 1 aliphatic carbocycles. The Bertz CT molecular complexity index is 1190. The van der Waals surface area contributed by atoms with Gasteiger partial charge >= 0.3 is 0 Å². The van der Waals surface area contributed by atoms with Crippen LogP contribution >= 0.6 is 11.8 Å². The number of nitrogens with zero attached hydrogens (tertiary/aromatic N) is 2. The fourth-order valence-electron chi connectivity index (χ4n) is 5.83. The first-order chi connectivity index (χ1) is 17.8. The lowest BCUT2D eigenvalue weighted by molar-refractivity contribution is -0.120. The Balaban J connectivity index is 1.51. The molecule has 1 N–H and O–H groups in total. The molecule has 0 bridgehead atoms. The number of aromatic nitrogens is 1. The minimum Gasteiger partial charge on any atom is -0.382 e. The quantitative estimate of drug-likeness (QED) is 0.424. The van der Waals surface area contributed by atoms with Crippen LogP contribution < -0.4 is 5.32 Å². The Morgan fingerprint density at radius 2 is 1.92 bits per heavy atom. The smallest absolute Gasteiger partial charge is 0.255 e. The maximum atomic E-state index is 13.5. The van der Waals surface area contributed by atoms with Crippen molar-refractivity contribution in [1.29, 1.82) is 0 Å². The third-order valence-electron chi connectivity index (χ3n) is 7.81. The van der Waals surface area contributed by atoms with Crippen molar-refractivity contribution >= 4 is 40.2 Å². The highest BCUT2D eigenvalue weighted by Crippen LogP contribution is 2.38. The number of thioether (sulfide) groups is 1.